The number of ether oxygens (including phenoxy) is 1. The lowest BCUT2D eigenvalue weighted by molar-refractivity contribution is 0.0521. The molecule has 0 unspecified atom stereocenters. The molecule has 1 aliphatic rings. The van der Waals surface area contributed by atoms with Crippen LogP contribution in [0, 0.1) is 5.92 Å². The van der Waals surface area contributed by atoms with Crippen molar-refractivity contribution in [3.63, 3.8) is 0 Å². The molecule has 100 valence electrons. The second kappa shape index (κ2) is 5.89. The van der Waals surface area contributed by atoms with E-state index in [2.05, 4.69) is 4.98 Å². The van der Waals surface area contributed by atoms with Crippen molar-refractivity contribution in [1.29, 1.82) is 0 Å². The summed E-state index contributed by atoms with van der Waals surface area (Å²) >= 11 is 0. The molecule has 5 nitrogen and oxygen atoms in total. The molecule has 0 spiro atoms. The third-order valence-electron chi connectivity index (χ3n) is 3.60. The minimum absolute atomic E-state index is 0.239. The van der Waals surface area contributed by atoms with Crippen molar-refractivity contribution < 1.29 is 9.53 Å². The topological polar surface area (TPSA) is 70.1 Å². The standard InChI is InChI=1S/C13H21N3O2/c1-2-18-13(17)11-12(14)16(9-15-11)8-7-10-5-3-4-6-10/h9-10H,2-8,14H2,1H3. The van der Waals surface area contributed by atoms with Crippen molar-refractivity contribution >= 4 is 11.8 Å². The molecule has 0 aromatic carbocycles. The van der Waals surface area contributed by atoms with Crippen molar-refractivity contribution in [3.05, 3.63) is 12.0 Å². The quantitative estimate of drug-likeness (QED) is 0.815. The first-order valence-electron chi connectivity index (χ1n) is 6.70. The summed E-state index contributed by atoms with van der Waals surface area (Å²) in [5.41, 5.74) is 6.16. The number of aryl methyl sites for hydroxylation is 1. The lowest BCUT2D eigenvalue weighted by Crippen LogP contribution is -2.11. The van der Waals surface area contributed by atoms with Crippen LogP contribution in [0.5, 0.6) is 0 Å². The Bertz CT molecular complexity index is 408. The Hall–Kier alpha value is -1.52. The van der Waals surface area contributed by atoms with Gasteiger partial charge in [0.15, 0.2) is 5.69 Å². The normalized spacial score (nSPS) is 16.1. The highest BCUT2D eigenvalue weighted by molar-refractivity contribution is 5.92. The molecule has 1 aromatic heterocycles. The first-order chi connectivity index (χ1) is 8.72. The molecular formula is C13H21N3O2. The van der Waals surface area contributed by atoms with Crippen LogP contribution >= 0.6 is 0 Å². The monoisotopic (exact) mass is 251 g/mol. The molecule has 1 heterocycles. The van der Waals surface area contributed by atoms with Crippen LogP contribution in [0.25, 0.3) is 0 Å². The summed E-state index contributed by atoms with van der Waals surface area (Å²) < 4.78 is 6.76. The van der Waals surface area contributed by atoms with Gasteiger partial charge in [0.1, 0.15) is 5.82 Å². The molecule has 0 saturated heterocycles. The molecule has 1 aliphatic carbocycles. The summed E-state index contributed by atoms with van der Waals surface area (Å²) in [5, 5.41) is 0. The third kappa shape index (κ3) is 2.83. The molecule has 0 atom stereocenters. The summed E-state index contributed by atoms with van der Waals surface area (Å²) in [6, 6.07) is 0. The Labute approximate surface area is 107 Å². The van der Waals surface area contributed by atoms with Crippen molar-refractivity contribution in [2.24, 2.45) is 5.92 Å². The number of anilines is 1. The minimum Gasteiger partial charge on any atom is -0.461 e. The fourth-order valence-corrected chi connectivity index (χ4v) is 2.55. The van der Waals surface area contributed by atoms with Crippen LogP contribution < -0.4 is 5.73 Å². The Morgan fingerprint density at radius 2 is 2.28 bits per heavy atom. The van der Waals surface area contributed by atoms with Gasteiger partial charge in [0.2, 0.25) is 0 Å². The number of hydrogen-bond donors (Lipinski definition) is 1. The van der Waals surface area contributed by atoms with Gasteiger partial charge in [0, 0.05) is 6.54 Å². The molecule has 2 rings (SSSR count). The fraction of sp³-hybridized carbons (Fsp3) is 0.692. The Balaban J connectivity index is 1.94. The molecule has 0 radical (unpaired) electrons. The molecule has 1 fully saturated rings. The number of nitrogens with two attached hydrogens (primary N) is 1. The number of carbonyl (C=O) groups excluding carboxylic acids is 1. The van der Waals surface area contributed by atoms with Crippen molar-refractivity contribution in [2.45, 2.75) is 45.6 Å². The fourth-order valence-electron chi connectivity index (χ4n) is 2.55. The lowest BCUT2D eigenvalue weighted by atomic mass is 10.0. The zero-order valence-corrected chi connectivity index (χ0v) is 10.9. The van der Waals surface area contributed by atoms with Crippen LogP contribution in [0.3, 0.4) is 0 Å². The van der Waals surface area contributed by atoms with Gasteiger partial charge in [-0.2, -0.15) is 0 Å². The zero-order chi connectivity index (χ0) is 13.0. The van der Waals surface area contributed by atoms with E-state index in [0.717, 1.165) is 18.9 Å². The summed E-state index contributed by atoms with van der Waals surface area (Å²) in [5.74, 6) is 0.791. The van der Waals surface area contributed by atoms with Gasteiger partial charge in [-0.15, -0.1) is 0 Å². The van der Waals surface area contributed by atoms with Gasteiger partial charge in [-0.3, -0.25) is 0 Å². The van der Waals surface area contributed by atoms with E-state index in [1.165, 1.54) is 25.7 Å². The van der Waals surface area contributed by atoms with Crippen LogP contribution in [0.4, 0.5) is 5.82 Å². The van der Waals surface area contributed by atoms with Gasteiger partial charge >= 0.3 is 5.97 Å². The van der Waals surface area contributed by atoms with Crippen molar-refractivity contribution in [3.8, 4) is 0 Å². The van der Waals surface area contributed by atoms with Gasteiger partial charge in [-0.05, 0) is 19.3 Å². The van der Waals surface area contributed by atoms with E-state index in [9.17, 15) is 4.79 Å². The second-order valence-corrected chi connectivity index (χ2v) is 4.83. The van der Waals surface area contributed by atoms with Gasteiger partial charge in [0.25, 0.3) is 0 Å². The third-order valence-corrected chi connectivity index (χ3v) is 3.60. The number of rotatable bonds is 5. The molecule has 1 saturated carbocycles. The van der Waals surface area contributed by atoms with Gasteiger partial charge in [-0.1, -0.05) is 25.7 Å². The maximum absolute atomic E-state index is 11.6. The number of nitrogens with zero attached hydrogens (tertiary/aromatic N) is 2. The molecule has 0 amide bonds. The number of nitrogen functional groups attached to an aromatic ring is 1. The lowest BCUT2D eigenvalue weighted by Gasteiger charge is -2.10. The highest BCUT2D eigenvalue weighted by Gasteiger charge is 2.19. The summed E-state index contributed by atoms with van der Waals surface area (Å²) in [4.78, 5) is 15.6. The van der Waals surface area contributed by atoms with Crippen LogP contribution in [0.15, 0.2) is 6.33 Å². The number of hydrogen-bond acceptors (Lipinski definition) is 4. The van der Waals surface area contributed by atoms with E-state index >= 15 is 0 Å². The average molecular weight is 251 g/mol. The highest BCUT2D eigenvalue weighted by atomic mass is 16.5. The van der Waals surface area contributed by atoms with Crippen molar-refractivity contribution in [2.75, 3.05) is 12.3 Å². The van der Waals surface area contributed by atoms with E-state index in [-0.39, 0.29) is 5.69 Å². The summed E-state index contributed by atoms with van der Waals surface area (Å²) in [6.07, 6.45) is 8.08. The molecule has 1 aromatic rings. The molecule has 0 aliphatic heterocycles. The molecule has 5 heteroatoms. The second-order valence-electron chi connectivity index (χ2n) is 4.83. The van der Waals surface area contributed by atoms with Gasteiger partial charge in [-0.25, -0.2) is 9.78 Å². The first-order valence-corrected chi connectivity index (χ1v) is 6.70. The predicted molar refractivity (Wildman–Crippen MR) is 69.2 cm³/mol. The van der Waals surface area contributed by atoms with E-state index in [1.54, 1.807) is 13.3 Å². The number of carbonyl (C=O) groups is 1. The summed E-state index contributed by atoms with van der Waals surface area (Å²) in [7, 11) is 0. The Morgan fingerprint density at radius 1 is 1.56 bits per heavy atom. The maximum Gasteiger partial charge on any atom is 0.360 e. The van der Waals surface area contributed by atoms with Gasteiger partial charge < -0.3 is 15.0 Å². The molecule has 0 bridgehead atoms. The van der Waals surface area contributed by atoms with Crippen molar-refractivity contribution in [1.82, 2.24) is 9.55 Å². The van der Waals surface area contributed by atoms with E-state index in [4.69, 9.17) is 10.5 Å². The highest BCUT2D eigenvalue weighted by Crippen LogP contribution is 2.28. The van der Waals surface area contributed by atoms with Crippen LogP contribution in [-0.4, -0.2) is 22.1 Å². The number of esters is 1. The molecule has 2 N–H and O–H groups in total. The first kappa shape index (κ1) is 12.9. The van der Waals surface area contributed by atoms with Crippen LogP contribution in [0.2, 0.25) is 0 Å². The largest absolute Gasteiger partial charge is 0.461 e. The predicted octanol–water partition coefficient (Wildman–Crippen LogP) is 2.22. The Morgan fingerprint density at radius 3 is 2.94 bits per heavy atom. The van der Waals surface area contributed by atoms with Crippen LogP contribution in [-0.2, 0) is 11.3 Å². The van der Waals surface area contributed by atoms with E-state index < -0.39 is 5.97 Å². The number of aromatic nitrogens is 2. The van der Waals surface area contributed by atoms with E-state index in [1.807, 2.05) is 4.57 Å². The average Bonchev–Trinajstić information content (AvgIpc) is 2.96. The van der Waals surface area contributed by atoms with Crippen LogP contribution in [0.1, 0.15) is 49.5 Å². The SMILES string of the molecule is CCOC(=O)c1ncn(CCC2CCCC2)c1N. The van der Waals surface area contributed by atoms with E-state index in [0.29, 0.717) is 12.4 Å². The smallest absolute Gasteiger partial charge is 0.360 e. The summed E-state index contributed by atoms with van der Waals surface area (Å²) in [6.45, 7) is 2.95. The maximum atomic E-state index is 11.6. The molecular weight excluding hydrogens is 230 g/mol. The Kier molecular flexibility index (Phi) is 4.23. The van der Waals surface area contributed by atoms with Gasteiger partial charge in [0.05, 0.1) is 12.9 Å². The molecule has 18 heavy (non-hydrogen) atoms. The number of imidazole rings is 1. The minimum atomic E-state index is -0.436. The zero-order valence-electron chi connectivity index (χ0n) is 10.9.